The predicted octanol–water partition coefficient (Wildman–Crippen LogP) is 0.625. The maximum Gasteiger partial charge on any atom is 0.436 e. The fourth-order valence-corrected chi connectivity index (χ4v) is 2.95. The number of amides is 1. The summed E-state index contributed by atoms with van der Waals surface area (Å²) in [6.07, 6.45) is -2.93. The number of nitrogens with one attached hydrogen (secondary N) is 2. The van der Waals surface area contributed by atoms with Crippen LogP contribution in [-0.4, -0.2) is 47.0 Å². The van der Waals surface area contributed by atoms with Gasteiger partial charge in [0, 0.05) is 25.4 Å². The van der Waals surface area contributed by atoms with Crippen molar-refractivity contribution < 1.29 is 26.4 Å². The van der Waals surface area contributed by atoms with Gasteiger partial charge in [0.15, 0.2) is 27.2 Å². The molecular formula is C14H12F3N7O3S. The van der Waals surface area contributed by atoms with Crippen LogP contribution >= 0.6 is 0 Å². The number of hydrazine groups is 2. The van der Waals surface area contributed by atoms with Crippen molar-refractivity contribution in [3.63, 3.8) is 0 Å². The van der Waals surface area contributed by atoms with E-state index in [9.17, 15) is 31.6 Å². The molecule has 148 valence electrons. The van der Waals surface area contributed by atoms with Crippen LogP contribution in [0.2, 0.25) is 0 Å². The van der Waals surface area contributed by atoms with Crippen LogP contribution in [0.4, 0.5) is 19.0 Å². The van der Waals surface area contributed by atoms with E-state index >= 15 is 0 Å². The minimum Gasteiger partial charge on any atom is -0.271 e. The lowest BCUT2D eigenvalue weighted by Gasteiger charge is -2.18. The van der Waals surface area contributed by atoms with Gasteiger partial charge in [0.25, 0.3) is 5.91 Å². The lowest BCUT2D eigenvalue weighted by molar-refractivity contribution is -0.141. The third-order valence-electron chi connectivity index (χ3n) is 3.71. The summed E-state index contributed by atoms with van der Waals surface area (Å²) < 4.78 is 63.7. The van der Waals surface area contributed by atoms with Gasteiger partial charge in [-0.25, -0.2) is 18.8 Å². The van der Waals surface area contributed by atoms with E-state index in [1.165, 1.54) is 6.07 Å². The Kier molecular flexibility index (Phi) is 4.73. The molecule has 1 aliphatic rings. The van der Waals surface area contributed by atoms with E-state index in [1.807, 2.05) is 0 Å². The molecular weight excluding hydrogens is 403 g/mol. The second-order valence-electron chi connectivity index (χ2n) is 5.72. The van der Waals surface area contributed by atoms with Gasteiger partial charge >= 0.3 is 6.18 Å². The van der Waals surface area contributed by atoms with Crippen molar-refractivity contribution in [1.29, 1.82) is 5.26 Å². The first-order valence-corrected chi connectivity index (χ1v) is 9.51. The van der Waals surface area contributed by atoms with Gasteiger partial charge in [-0.05, 0) is 12.1 Å². The number of anilines is 1. The van der Waals surface area contributed by atoms with Crippen molar-refractivity contribution in [2.45, 2.75) is 17.5 Å². The normalized spacial score (nSPS) is 15.0. The van der Waals surface area contributed by atoms with E-state index in [0.717, 1.165) is 29.7 Å². The Hall–Kier alpha value is -3.18. The van der Waals surface area contributed by atoms with Crippen molar-refractivity contribution in [3.05, 3.63) is 29.6 Å². The van der Waals surface area contributed by atoms with Crippen molar-refractivity contribution in [3.8, 4) is 11.9 Å². The van der Waals surface area contributed by atoms with Crippen molar-refractivity contribution in [1.82, 2.24) is 25.3 Å². The van der Waals surface area contributed by atoms with Gasteiger partial charge in [-0.3, -0.25) is 10.2 Å². The molecule has 10 nitrogen and oxygen atoms in total. The third kappa shape index (κ3) is 3.62. The molecule has 1 amide bonds. The summed E-state index contributed by atoms with van der Waals surface area (Å²) in [4.78, 5) is 15.4. The number of carbonyl (C=O) groups excluding carboxylic acids is 1. The zero-order valence-electron chi connectivity index (χ0n) is 14.1. The summed E-state index contributed by atoms with van der Waals surface area (Å²) in [5.74, 6) is -1.09. The summed E-state index contributed by atoms with van der Waals surface area (Å²) in [6, 6.07) is 3.70. The van der Waals surface area contributed by atoms with E-state index in [-0.39, 0.29) is 23.7 Å². The molecule has 0 radical (unpaired) electrons. The maximum atomic E-state index is 13.3. The predicted molar refractivity (Wildman–Crippen MR) is 87.3 cm³/mol. The monoisotopic (exact) mass is 415 g/mol. The maximum absolute atomic E-state index is 13.3. The molecule has 1 fully saturated rings. The second-order valence-corrected chi connectivity index (χ2v) is 7.73. The average Bonchev–Trinajstić information content (AvgIpc) is 3.18. The van der Waals surface area contributed by atoms with Gasteiger partial charge in [0.1, 0.15) is 11.6 Å². The minimum absolute atomic E-state index is 0.108. The molecule has 1 aliphatic heterocycles. The van der Waals surface area contributed by atoms with Gasteiger partial charge in [-0.1, -0.05) is 0 Å². The number of carbonyl (C=O) groups is 1. The lowest BCUT2D eigenvalue weighted by Crippen LogP contribution is -2.40. The molecule has 2 aromatic rings. The highest BCUT2D eigenvalue weighted by molar-refractivity contribution is 7.90. The highest BCUT2D eigenvalue weighted by Gasteiger charge is 2.41. The molecule has 14 heteroatoms. The highest BCUT2D eigenvalue weighted by atomic mass is 32.2. The number of aromatic nitrogens is 3. The van der Waals surface area contributed by atoms with Gasteiger partial charge in [-0.15, -0.1) is 0 Å². The van der Waals surface area contributed by atoms with Gasteiger partial charge < -0.3 is 0 Å². The third-order valence-corrected chi connectivity index (χ3v) is 4.81. The number of nitriles is 1. The molecule has 0 saturated carbocycles. The molecule has 0 aromatic carbocycles. The molecule has 3 heterocycles. The van der Waals surface area contributed by atoms with Crippen LogP contribution < -0.4 is 10.9 Å². The minimum atomic E-state index is -4.94. The van der Waals surface area contributed by atoms with Gasteiger partial charge in [-0.2, -0.15) is 33.3 Å². The van der Waals surface area contributed by atoms with Gasteiger partial charge in [0.05, 0.1) is 4.90 Å². The number of rotatable bonds is 4. The molecule has 2 N–H and O–H groups in total. The van der Waals surface area contributed by atoms with Crippen molar-refractivity contribution >= 4 is 21.6 Å². The zero-order chi connectivity index (χ0) is 20.7. The Morgan fingerprint density at radius 3 is 2.54 bits per heavy atom. The number of halogens is 3. The Morgan fingerprint density at radius 2 is 2.07 bits per heavy atom. The first-order chi connectivity index (χ1) is 13.0. The zero-order valence-corrected chi connectivity index (χ0v) is 15.0. The molecule has 0 bridgehead atoms. The average molecular weight is 415 g/mol. The Labute approximate surface area is 156 Å². The summed E-state index contributed by atoms with van der Waals surface area (Å²) in [6.45, 7) is 0.259. The number of nitrogens with zero attached hydrogens (tertiary/aromatic N) is 5. The van der Waals surface area contributed by atoms with E-state index in [2.05, 4.69) is 20.9 Å². The summed E-state index contributed by atoms with van der Waals surface area (Å²) in [7, 11) is -3.57. The van der Waals surface area contributed by atoms with Crippen LogP contribution in [0.5, 0.6) is 0 Å². The van der Waals surface area contributed by atoms with Crippen molar-refractivity contribution in [2.75, 3.05) is 18.2 Å². The van der Waals surface area contributed by atoms with E-state index < -0.39 is 39.0 Å². The SMILES string of the molecule is CS(=O)(=O)c1ccc(-n2nc(C(F)(F)F)c(C#N)c2NN2NCCC2=O)nc1. The molecule has 3 rings (SSSR count). The quantitative estimate of drug-likeness (QED) is 0.743. The van der Waals surface area contributed by atoms with Crippen molar-refractivity contribution in [2.24, 2.45) is 0 Å². The molecule has 0 atom stereocenters. The highest BCUT2D eigenvalue weighted by Crippen LogP contribution is 2.35. The van der Waals surface area contributed by atoms with Crippen LogP contribution in [0.15, 0.2) is 23.2 Å². The van der Waals surface area contributed by atoms with Crippen LogP contribution in [0, 0.1) is 11.3 Å². The second kappa shape index (κ2) is 6.77. The van der Waals surface area contributed by atoms with E-state index in [1.54, 1.807) is 0 Å². The summed E-state index contributed by atoms with van der Waals surface area (Å²) in [5, 5.41) is 13.5. The fraction of sp³-hybridized carbons (Fsp3) is 0.286. The molecule has 1 saturated heterocycles. The summed E-state index contributed by atoms with van der Waals surface area (Å²) in [5.41, 5.74) is 2.69. The van der Waals surface area contributed by atoms with Gasteiger partial charge in [0.2, 0.25) is 0 Å². The molecule has 0 aliphatic carbocycles. The van der Waals surface area contributed by atoms with E-state index in [0.29, 0.717) is 4.68 Å². The topological polar surface area (TPSA) is 133 Å². The molecule has 2 aromatic heterocycles. The van der Waals surface area contributed by atoms with Crippen LogP contribution in [-0.2, 0) is 20.8 Å². The molecule has 28 heavy (non-hydrogen) atoms. The lowest BCUT2D eigenvalue weighted by atomic mass is 10.2. The number of hydrogen-bond acceptors (Lipinski definition) is 8. The Balaban J connectivity index is 2.15. The smallest absolute Gasteiger partial charge is 0.271 e. The van der Waals surface area contributed by atoms with E-state index in [4.69, 9.17) is 0 Å². The van der Waals surface area contributed by atoms with Crippen LogP contribution in [0.25, 0.3) is 5.82 Å². The molecule has 0 spiro atoms. The number of pyridine rings is 1. The number of sulfone groups is 1. The van der Waals surface area contributed by atoms with Crippen LogP contribution in [0.3, 0.4) is 0 Å². The first kappa shape index (κ1) is 19.6. The number of alkyl halides is 3. The summed E-state index contributed by atoms with van der Waals surface area (Å²) >= 11 is 0. The fourth-order valence-electron chi connectivity index (χ4n) is 2.39. The number of hydrogen-bond donors (Lipinski definition) is 2. The Morgan fingerprint density at radius 1 is 1.36 bits per heavy atom. The standard InChI is InChI=1S/C14H12F3N7O3S/c1-28(26,27)8-2-3-10(19-7-8)23-13(22-24-11(25)4-5-20-24)9(6-18)12(21-23)14(15,16)17/h2-3,7,20,22H,4-5H2,1H3. The first-order valence-electron chi connectivity index (χ1n) is 7.62. The molecule has 0 unspecified atom stereocenters. The Bertz CT molecular complexity index is 1070. The van der Waals surface area contributed by atoms with Crippen LogP contribution in [0.1, 0.15) is 17.7 Å². The largest absolute Gasteiger partial charge is 0.436 e.